The summed E-state index contributed by atoms with van der Waals surface area (Å²) in [5.74, 6) is -0.432. The number of hydrazine groups is 1. The van der Waals surface area contributed by atoms with Crippen molar-refractivity contribution in [2.45, 2.75) is 33.3 Å². The van der Waals surface area contributed by atoms with Gasteiger partial charge < -0.3 is 10.1 Å². The highest BCUT2D eigenvalue weighted by Crippen LogP contribution is 2.15. The molecule has 4 N–H and O–H groups in total. The first-order valence-corrected chi connectivity index (χ1v) is 9.77. The summed E-state index contributed by atoms with van der Waals surface area (Å²) in [6.45, 7) is 5.53. The Labute approximate surface area is 180 Å². The SMILES string of the molecule is CCC(=O)Nc1ccc(C(=O)NNC(=S)NC(=O)c2cccc(OC(C)C)c2)cc1. The lowest BCUT2D eigenvalue weighted by molar-refractivity contribution is -0.115. The number of carbonyl (C=O) groups excluding carboxylic acids is 3. The lowest BCUT2D eigenvalue weighted by Gasteiger charge is -2.13. The summed E-state index contributed by atoms with van der Waals surface area (Å²) in [4.78, 5) is 35.9. The molecule has 0 aliphatic carbocycles. The normalized spacial score (nSPS) is 10.1. The molecule has 2 aromatic rings. The van der Waals surface area contributed by atoms with Crippen LogP contribution in [-0.2, 0) is 4.79 Å². The van der Waals surface area contributed by atoms with Gasteiger partial charge in [-0.25, -0.2) is 0 Å². The molecular weight excluding hydrogens is 404 g/mol. The van der Waals surface area contributed by atoms with E-state index in [0.29, 0.717) is 29.0 Å². The van der Waals surface area contributed by atoms with Crippen LogP contribution in [0.5, 0.6) is 5.75 Å². The minimum absolute atomic E-state index is 0.0155. The molecule has 0 atom stereocenters. The van der Waals surface area contributed by atoms with Crippen molar-refractivity contribution in [3.05, 3.63) is 59.7 Å². The Morgan fingerprint density at radius 1 is 0.967 bits per heavy atom. The number of rotatable bonds is 6. The third-order valence-corrected chi connectivity index (χ3v) is 3.94. The van der Waals surface area contributed by atoms with Crippen molar-refractivity contribution in [2.75, 3.05) is 5.32 Å². The highest BCUT2D eigenvalue weighted by Gasteiger charge is 2.11. The Balaban J connectivity index is 1.86. The number of amides is 3. The van der Waals surface area contributed by atoms with Gasteiger partial charge in [0.15, 0.2) is 5.11 Å². The predicted molar refractivity (Wildman–Crippen MR) is 118 cm³/mol. The lowest BCUT2D eigenvalue weighted by Crippen LogP contribution is -2.48. The number of nitrogens with one attached hydrogen (secondary N) is 4. The molecule has 0 spiro atoms. The number of thiocarbonyl (C=S) groups is 1. The van der Waals surface area contributed by atoms with Gasteiger partial charge in [0, 0.05) is 23.2 Å². The highest BCUT2D eigenvalue weighted by molar-refractivity contribution is 7.80. The third-order valence-electron chi connectivity index (χ3n) is 3.74. The maximum Gasteiger partial charge on any atom is 0.269 e. The number of hydrogen-bond acceptors (Lipinski definition) is 5. The van der Waals surface area contributed by atoms with Gasteiger partial charge in [0.05, 0.1) is 6.10 Å². The quantitative estimate of drug-likeness (QED) is 0.416. The molecule has 0 bridgehead atoms. The fraction of sp³-hybridized carbons (Fsp3) is 0.238. The monoisotopic (exact) mass is 428 g/mol. The van der Waals surface area contributed by atoms with Gasteiger partial charge in [-0.1, -0.05) is 13.0 Å². The summed E-state index contributed by atoms with van der Waals surface area (Å²) in [6, 6.07) is 13.1. The molecule has 0 saturated carbocycles. The molecule has 0 radical (unpaired) electrons. The summed E-state index contributed by atoms with van der Waals surface area (Å²) < 4.78 is 5.57. The lowest BCUT2D eigenvalue weighted by atomic mass is 10.2. The minimum Gasteiger partial charge on any atom is -0.491 e. The Morgan fingerprint density at radius 3 is 2.30 bits per heavy atom. The summed E-state index contributed by atoms with van der Waals surface area (Å²) in [7, 11) is 0. The number of benzene rings is 2. The van der Waals surface area contributed by atoms with Crippen LogP contribution in [0.1, 0.15) is 47.9 Å². The molecule has 0 heterocycles. The molecule has 0 aliphatic heterocycles. The van der Waals surface area contributed by atoms with Crippen molar-refractivity contribution < 1.29 is 19.1 Å². The number of ether oxygens (including phenoxy) is 1. The van der Waals surface area contributed by atoms with E-state index in [1.807, 2.05) is 13.8 Å². The Bertz CT molecular complexity index is 929. The van der Waals surface area contributed by atoms with Crippen LogP contribution in [-0.4, -0.2) is 28.9 Å². The van der Waals surface area contributed by atoms with Crippen molar-refractivity contribution >= 4 is 40.7 Å². The van der Waals surface area contributed by atoms with Crippen molar-refractivity contribution in [1.29, 1.82) is 0 Å². The molecular formula is C21H24N4O4S. The molecule has 0 unspecified atom stereocenters. The van der Waals surface area contributed by atoms with Crippen LogP contribution < -0.4 is 26.2 Å². The first kappa shape index (κ1) is 22.8. The van der Waals surface area contributed by atoms with E-state index in [4.69, 9.17) is 17.0 Å². The molecule has 3 amide bonds. The zero-order valence-corrected chi connectivity index (χ0v) is 17.8. The largest absolute Gasteiger partial charge is 0.491 e. The standard InChI is InChI=1S/C21H24N4O4S/c1-4-18(26)22-16-10-8-14(9-11-16)20(28)24-25-21(30)23-19(27)15-6-5-7-17(12-15)29-13(2)3/h5-13H,4H2,1-3H3,(H,22,26)(H,24,28)(H2,23,25,27,30). The van der Waals surface area contributed by atoms with Crippen molar-refractivity contribution in [2.24, 2.45) is 0 Å². The highest BCUT2D eigenvalue weighted by atomic mass is 32.1. The average Bonchev–Trinajstić information content (AvgIpc) is 2.72. The summed E-state index contributed by atoms with van der Waals surface area (Å²) in [5.41, 5.74) is 6.21. The van der Waals surface area contributed by atoms with Crippen LogP contribution in [0.15, 0.2) is 48.5 Å². The van der Waals surface area contributed by atoms with E-state index < -0.39 is 11.8 Å². The smallest absolute Gasteiger partial charge is 0.269 e. The molecule has 0 saturated heterocycles. The Morgan fingerprint density at radius 2 is 1.67 bits per heavy atom. The number of anilines is 1. The Hall–Kier alpha value is -3.46. The molecule has 2 aromatic carbocycles. The van der Waals surface area contributed by atoms with E-state index in [0.717, 1.165) is 0 Å². The van der Waals surface area contributed by atoms with Crippen molar-refractivity contribution in [1.82, 2.24) is 16.2 Å². The first-order chi connectivity index (χ1) is 14.3. The van der Waals surface area contributed by atoms with Gasteiger partial charge in [-0.15, -0.1) is 0 Å². The van der Waals surface area contributed by atoms with Crippen molar-refractivity contribution in [3.8, 4) is 5.75 Å². The minimum atomic E-state index is -0.452. The fourth-order valence-corrected chi connectivity index (χ4v) is 2.47. The second-order valence-corrected chi connectivity index (χ2v) is 6.94. The topological polar surface area (TPSA) is 109 Å². The van der Waals surface area contributed by atoms with Gasteiger partial charge in [-0.3, -0.25) is 30.6 Å². The van der Waals surface area contributed by atoms with Crippen LogP contribution in [0, 0.1) is 0 Å². The molecule has 8 nitrogen and oxygen atoms in total. The van der Waals surface area contributed by atoms with Crippen LogP contribution in [0.3, 0.4) is 0 Å². The van der Waals surface area contributed by atoms with E-state index in [1.54, 1.807) is 55.5 Å². The van der Waals surface area contributed by atoms with Crippen LogP contribution in [0.25, 0.3) is 0 Å². The fourth-order valence-electron chi connectivity index (χ4n) is 2.33. The van der Waals surface area contributed by atoms with E-state index in [2.05, 4.69) is 21.5 Å². The maximum absolute atomic E-state index is 12.3. The first-order valence-electron chi connectivity index (χ1n) is 9.36. The predicted octanol–water partition coefficient (Wildman–Crippen LogP) is 2.77. The molecule has 30 heavy (non-hydrogen) atoms. The van der Waals surface area contributed by atoms with E-state index in [9.17, 15) is 14.4 Å². The van der Waals surface area contributed by atoms with Gasteiger partial charge in [0.25, 0.3) is 11.8 Å². The average molecular weight is 429 g/mol. The van der Waals surface area contributed by atoms with Gasteiger partial charge in [0.2, 0.25) is 5.91 Å². The zero-order valence-electron chi connectivity index (χ0n) is 16.9. The van der Waals surface area contributed by atoms with Crippen LogP contribution >= 0.6 is 12.2 Å². The number of carbonyl (C=O) groups is 3. The molecule has 2 rings (SSSR count). The second kappa shape index (κ2) is 10.9. The Kier molecular flexibility index (Phi) is 8.30. The molecule has 158 valence electrons. The van der Waals surface area contributed by atoms with Gasteiger partial charge in [-0.2, -0.15) is 0 Å². The van der Waals surface area contributed by atoms with Crippen molar-refractivity contribution in [3.63, 3.8) is 0 Å². The molecule has 9 heteroatoms. The summed E-state index contributed by atoms with van der Waals surface area (Å²) in [5, 5.41) is 5.12. The van der Waals surface area contributed by atoms with Crippen LogP contribution in [0.2, 0.25) is 0 Å². The third kappa shape index (κ3) is 7.17. The van der Waals surface area contributed by atoms with E-state index in [-0.39, 0.29) is 17.1 Å². The van der Waals surface area contributed by atoms with E-state index in [1.165, 1.54) is 0 Å². The molecule has 0 fully saturated rings. The number of hydrogen-bond donors (Lipinski definition) is 4. The van der Waals surface area contributed by atoms with Gasteiger partial charge in [-0.05, 0) is 68.5 Å². The second-order valence-electron chi connectivity index (χ2n) is 6.54. The maximum atomic E-state index is 12.3. The van der Waals surface area contributed by atoms with Crippen LogP contribution in [0.4, 0.5) is 5.69 Å². The van der Waals surface area contributed by atoms with Gasteiger partial charge >= 0.3 is 0 Å². The zero-order chi connectivity index (χ0) is 22.1. The summed E-state index contributed by atoms with van der Waals surface area (Å²) in [6.07, 6.45) is 0.350. The molecule has 0 aromatic heterocycles. The van der Waals surface area contributed by atoms with Gasteiger partial charge in [0.1, 0.15) is 5.75 Å². The van der Waals surface area contributed by atoms with E-state index >= 15 is 0 Å². The molecule has 0 aliphatic rings. The summed E-state index contributed by atoms with van der Waals surface area (Å²) >= 11 is 5.05.